The molecule has 0 saturated heterocycles. The first kappa shape index (κ1) is 12.9. The van der Waals surface area contributed by atoms with Crippen molar-refractivity contribution in [3.05, 3.63) is 11.6 Å². The zero-order valence-electron chi connectivity index (χ0n) is 12.3. The van der Waals surface area contributed by atoms with Gasteiger partial charge < -0.3 is 5.11 Å². The normalized spacial score (nSPS) is 46.9. The molecule has 0 aliphatic heterocycles. The molecule has 0 aromatic rings. The molecule has 0 radical (unpaired) electrons. The maximum Gasteiger partial charge on any atom is 0.306 e. The number of carboxylic acids is 1. The minimum absolute atomic E-state index is 0.0538. The van der Waals surface area contributed by atoms with Crippen LogP contribution in [0.4, 0.5) is 0 Å². The smallest absolute Gasteiger partial charge is 0.306 e. The van der Waals surface area contributed by atoms with Gasteiger partial charge in [-0.15, -0.1) is 0 Å². The zero-order chi connectivity index (χ0) is 13.7. The maximum absolute atomic E-state index is 11.4. The highest BCUT2D eigenvalue weighted by molar-refractivity contribution is 5.71. The first-order chi connectivity index (χ1) is 9.75. The van der Waals surface area contributed by atoms with Crippen LogP contribution in [0.3, 0.4) is 0 Å². The van der Waals surface area contributed by atoms with Crippen molar-refractivity contribution in [3.8, 4) is 0 Å². The summed E-state index contributed by atoms with van der Waals surface area (Å²) in [4.78, 5) is 11.4. The second-order valence-corrected chi connectivity index (χ2v) is 7.62. The Bertz CT molecular complexity index is 439. The first-order valence-electron chi connectivity index (χ1n) is 8.68. The summed E-state index contributed by atoms with van der Waals surface area (Å²) in [6, 6.07) is 0. The molecule has 2 heteroatoms. The van der Waals surface area contributed by atoms with Crippen LogP contribution in [0.1, 0.15) is 57.8 Å². The third-order valence-electron chi connectivity index (χ3n) is 6.95. The molecule has 0 aromatic heterocycles. The van der Waals surface area contributed by atoms with E-state index in [-0.39, 0.29) is 5.92 Å². The van der Waals surface area contributed by atoms with Crippen LogP contribution in [-0.4, -0.2) is 11.1 Å². The van der Waals surface area contributed by atoms with E-state index in [9.17, 15) is 9.90 Å². The molecule has 6 atom stereocenters. The number of hydrogen-bond acceptors (Lipinski definition) is 1. The first-order valence-corrected chi connectivity index (χ1v) is 8.68. The van der Waals surface area contributed by atoms with Crippen molar-refractivity contribution in [2.45, 2.75) is 57.8 Å². The molecule has 6 unspecified atom stereocenters. The van der Waals surface area contributed by atoms with Crippen molar-refractivity contribution < 1.29 is 9.90 Å². The zero-order valence-corrected chi connectivity index (χ0v) is 12.3. The SMILES string of the molecule is O=C(O)C1CCC2C3CCC4CCCCC4C3=CCC12. The molecular weight excluding hydrogens is 248 g/mol. The van der Waals surface area contributed by atoms with Crippen LogP contribution in [0.25, 0.3) is 0 Å². The van der Waals surface area contributed by atoms with E-state index in [4.69, 9.17) is 0 Å². The lowest BCUT2D eigenvalue weighted by Gasteiger charge is -2.47. The second-order valence-electron chi connectivity index (χ2n) is 7.62. The summed E-state index contributed by atoms with van der Waals surface area (Å²) in [5, 5.41) is 9.41. The largest absolute Gasteiger partial charge is 0.481 e. The van der Waals surface area contributed by atoms with E-state index < -0.39 is 5.97 Å². The monoisotopic (exact) mass is 274 g/mol. The number of carboxylic acid groups (broad SMARTS) is 1. The lowest BCUT2D eigenvalue weighted by Crippen LogP contribution is -2.38. The Hall–Kier alpha value is -0.790. The van der Waals surface area contributed by atoms with Gasteiger partial charge in [-0.05, 0) is 74.5 Å². The van der Waals surface area contributed by atoms with Gasteiger partial charge in [0.25, 0.3) is 0 Å². The van der Waals surface area contributed by atoms with Crippen molar-refractivity contribution in [3.63, 3.8) is 0 Å². The highest BCUT2D eigenvalue weighted by Crippen LogP contribution is 2.56. The maximum atomic E-state index is 11.4. The molecule has 20 heavy (non-hydrogen) atoms. The van der Waals surface area contributed by atoms with E-state index in [2.05, 4.69) is 6.08 Å². The number of hydrogen-bond donors (Lipinski definition) is 1. The molecule has 2 nitrogen and oxygen atoms in total. The van der Waals surface area contributed by atoms with Gasteiger partial charge in [0.05, 0.1) is 5.92 Å². The van der Waals surface area contributed by atoms with Crippen molar-refractivity contribution in [1.29, 1.82) is 0 Å². The highest BCUT2D eigenvalue weighted by atomic mass is 16.4. The number of fused-ring (bicyclic) bond motifs is 5. The Kier molecular flexibility index (Phi) is 3.16. The summed E-state index contributed by atoms with van der Waals surface area (Å²) in [5.41, 5.74) is 1.77. The van der Waals surface area contributed by atoms with E-state index in [0.717, 1.165) is 30.6 Å². The quantitative estimate of drug-likeness (QED) is 0.725. The van der Waals surface area contributed by atoms with Crippen LogP contribution in [0, 0.1) is 35.5 Å². The Morgan fingerprint density at radius 2 is 1.80 bits per heavy atom. The van der Waals surface area contributed by atoms with E-state index in [0.29, 0.717) is 11.8 Å². The summed E-state index contributed by atoms with van der Waals surface area (Å²) < 4.78 is 0. The Morgan fingerprint density at radius 1 is 0.950 bits per heavy atom. The van der Waals surface area contributed by atoms with Crippen LogP contribution < -0.4 is 0 Å². The lowest BCUT2D eigenvalue weighted by atomic mass is 9.58. The molecule has 0 heterocycles. The summed E-state index contributed by atoms with van der Waals surface area (Å²) in [7, 11) is 0. The van der Waals surface area contributed by atoms with Gasteiger partial charge in [-0.25, -0.2) is 0 Å². The van der Waals surface area contributed by atoms with Gasteiger partial charge >= 0.3 is 5.97 Å². The van der Waals surface area contributed by atoms with Crippen LogP contribution >= 0.6 is 0 Å². The average Bonchev–Trinajstić information content (AvgIpc) is 2.91. The van der Waals surface area contributed by atoms with Gasteiger partial charge in [0.2, 0.25) is 0 Å². The number of carbonyl (C=O) groups is 1. The lowest BCUT2D eigenvalue weighted by molar-refractivity contribution is -0.143. The minimum Gasteiger partial charge on any atom is -0.481 e. The molecule has 0 amide bonds. The van der Waals surface area contributed by atoms with Gasteiger partial charge in [0.1, 0.15) is 0 Å². The van der Waals surface area contributed by atoms with Gasteiger partial charge in [-0.2, -0.15) is 0 Å². The molecule has 3 saturated carbocycles. The van der Waals surface area contributed by atoms with Crippen LogP contribution in [-0.2, 0) is 4.79 Å². The predicted molar refractivity (Wildman–Crippen MR) is 78.2 cm³/mol. The fourth-order valence-electron chi connectivity index (χ4n) is 6.11. The molecule has 4 aliphatic rings. The molecule has 1 N–H and O–H groups in total. The van der Waals surface area contributed by atoms with Crippen molar-refractivity contribution in [2.75, 3.05) is 0 Å². The Labute approximate surface area is 121 Å². The molecule has 4 aliphatic carbocycles. The summed E-state index contributed by atoms with van der Waals surface area (Å²) in [5.74, 6) is 3.12. The van der Waals surface area contributed by atoms with Crippen molar-refractivity contribution in [1.82, 2.24) is 0 Å². The van der Waals surface area contributed by atoms with Gasteiger partial charge in [0, 0.05) is 0 Å². The Balaban J connectivity index is 1.60. The second kappa shape index (κ2) is 4.89. The van der Waals surface area contributed by atoms with E-state index in [1.807, 2.05) is 0 Å². The number of allylic oxidation sites excluding steroid dienone is 2. The molecule has 0 aromatic carbocycles. The van der Waals surface area contributed by atoms with Crippen LogP contribution in [0.15, 0.2) is 11.6 Å². The molecule has 110 valence electrons. The summed E-state index contributed by atoms with van der Waals surface area (Å²) in [6.45, 7) is 0. The van der Waals surface area contributed by atoms with Crippen LogP contribution in [0.2, 0.25) is 0 Å². The fraction of sp³-hybridized carbons (Fsp3) is 0.833. The standard InChI is InChI=1S/C18H26O2/c19-18(20)17-10-9-15-14-6-5-11-3-1-2-4-12(11)13(14)7-8-16(15)17/h7,11-12,14-17H,1-6,8-10H2,(H,19,20). The molecule has 0 bridgehead atoms. The van der Waals surface area contributed by atoms with Gasteiger partial charge in [-0.1, -0.05) is 24.5 Å². The summed E-state index contributed by atoms with van der Waals surface area (Å²) in [6.07, 6.45) is 14.1. The number of rotatable bonds is 1. The molecule has 3 fully saturated rings. The van der Waals surface area contributed by atoms with Crippen molar-refractivity contribution >= 4 is 5.97 Å². The Morgan fingerprint density at radius 3 is 2.65 bits per heavy atom. The van der Waals surface area contributed by atoms with E-state index in [1.54, 1.807) is 5.57 Å². The summed E-state index contributed by atoms with van der Waals surface area (Å²) >= 11 is 0. The van der Waals surface area contributed by atoms with Crippen molar-refractivity contribution in [2.24, 2.45) is 35.5 Å². The molecule has 0 spiro atoms. The number of aliphatic carboxylic acids is 1. The van der Waals surface area contributed by atoms with Gasteiger partial charge in [0.15, 0.2) is 0 Å². The predicted octanol–water partition coefficient (Wildman–Crippen LogP) is 4.26. The molecular formula is C18H26O2. The average molecular weight is 274 g/mol. The van der Waals surface area contributed by atoms with E-state index >= 15 is 0 Å². The topological polar surface area (TPSA) is 37.3 Å². The van der Waals surface area contributed by atoms with Gasteiger partial charge in [-0.3, -0.25) is 4.79 Å². The third kappa shape index (κ3) is 1.87. The fourth-order valence-corrected chi connectivity index (χ4v) is 6.11. The van der Waals surface area contributed by atoms with E-state index in [1.165, 1.54) is 44.9 Å². The highest BCUT2D eigenvalue weighted by Gasteiger charge is 2.49. The third-order valence-corrected chi connectivity index (χ3v) is 6.95. The minimum atomic E-state index is -0.541. The molecule has 4 rings (SSSR count). The van der Waals surface area contributed by atoms with Crippen LogP contribution in [0.5, 0.6) is 0 Å².